The van der Waals surface area contributed by atoms with E-state index in [2.05, 4.69) is 5.32 Å². The van der Waals surface area contributed by atoms with Crippen LogP contribution in [0.15, 0.2) is 57.7 Å². The minimum atomic E-state index is -0.497. The Morgan fingerprint density at radius 3 is 2.38 bits per heavy atom. The molecule has 0 aliphatic carbocycles. The smallest absolute Gasteiger partial charge is 0.344 e. The molecule has 3 rings (SSSR count). The summed E-state index contributed by atoms with van der Waals surface area (Å²) in [6, 6.07) is 15.0. The van der Waals surface area contributed by atoms with Crippen LogP contribution >= 0.6 is 0 Å². The molecule has 1 heterocycles. The molecule has 0 radical (unpaired) electrons. The highest BCUT2D eigenvalue weighted by molar-refractivity contribution is 6.07. The maximum Gasteiger partial charge on any atom is 0.344 e. The third-order valence-corrected chi connectivity index (χ3v) is 3.92. The molecule has 24 heavy (non-hydrogen) atoms. The lowest BCUT2D eigenvalue weighted by molar-refractivity contribution is 0.0923. The zero-order chi connectivity index (χ0) is 17.1. The molecule has 1 N–H and O–H groups in total. The van der Waals surface area contributed by atoms with Gasteiger partial charge in [-0.25, -0.2) is 4.79 Å². The lowest BCUT2D eigenvalue weighted by atomic mass is 9.97. The first kappa shape index (κ1) is 16.0. The first-order valence-electron chi connectivity index (χ1n) is 8.03. The number of aryl methyl sites for hydroxylation is 1. The van der Waals surface area contributed by atoms with Gasteiger partial charge < -0.3 is 9.73 Å². The number of hydrogen-bond acceptors (Lipinski definition) is 3. The minimum absolute atomic E-state index is 0.0657. The number of fused-ring (bicyclic) bond motifs is 1. The molecule has 0 aliphatic heterocycles. The number of rotatable bonds is 4. The van der Waals surface area contributed by atoms with E-state index in [1.165, 1.54) is 0 Å². The first-order valence-corrected chi connectivity index (χ1v) is 8.03. The Morgan fingerprint density at radius 1 is 1.04 bits per heavy atom. The summed E-state index contributed by atoms with van der Waals surface area (Å²) >= 11 is 0. The van der Waals surface area contributed by atoms with Crippen LogP contribution in [0.1, 0.15) is 29.5 Å². The zero-order valence-electron chi connectivity index (χ0n) is 13.8. The van der Waals surface area contributed by atoms with Gasteiger partial charge in [-0.2, -0.15) is 0 Å². The van der Waals surface area contributed by atoms with Crippen molar-refractivity contribution in [2.75, 3.05) is 6.54 Å². The fourth-order valence-corrected chi connectivity index (χ4v) is 2.69. The number of amides is 1. The highest BCUT2D eigenvalue weighted by Crippen LogP contribution is 2.30. The van der Waals surface area contributed by atoms with Gasteiger partial charge in [0, 0.05) is 17.5 Å². The summed E-state index contributed by atoms with van der Waals surface area (Å²) < 4.78 is 5.40. The molecule has 0 unspecified atom stereocenters. The Kier molecular flexibility index (Phi) is 4.47. The molecular weight excluding hydrogens is 302 g/mol. The molecule has 0 bridgehead atoms. The van der Waals surface area contributed by atoms with E-state index < -0.39 is 5.63 Å². The fourth-order valence-electron chi connectivity index (χ4n) is 2.69. The normalized spacial score (nSPS) is 10.8. The average molecular weight is 321 g/mol. The molecule has 0 saturated heterocycles. The van der Waals surface area contributed by atoms with E-state index >= 15 is 0 Å². The van der Waals surface area contributed by atoms with E-state index in [1.807, 2.05) is 50.2 Å². The second kappa shape index (κ2) is 6.71. The molecule has 0 saturated carbocycles. The quantitative estimate of drug-likeness (QED) is 0.792. The van der Waals surface area contributed by atoms with E-state index in [0.717, 1.165) is 22.9 Å². The predicted molar refractivity (Wildman–Crippen MR) is 95.3 cm³/mol. The minimum Gasteiger partial charge on any atom is -0.416 e. The van der Waals surface area contributed by atoms with Crippen LogP contribution in [-0.4, -0.2) is 12.5 Å². The van der Waals surface area contributed by atoms with Crippen LogP contribution in [0, 0.1) is 6.92 Å². The maximum absolute atomic E-state index is 12.5. The number of hydrogen-bond donors (Lipinski definition) is 1. The van der Waals surface area contributed by atoms with Crippen LogP contribution in [0.25, 0.3) is 21.9 Å². The van der Waals surface area contributed by atoms with Crippen molar-refractivity contribution in [1.82, 2.24) is 5.32 Å². The number of carbonyl (C=O) groups excluding carboxylic acids is 1. The summed E-state index contributed by atoms with van der Waals surface area (Å²) in [4.78, 5) is 24.8. The topological polar surface area (TPSA) is 59.3 Å². The monoisotopic (exact) mass is 321 g/mol. The number of carbonyl (C=O) groups is 1. The van der Waals surface area contributed by atoms with Gasteiger partial charge in [0.2, 0.25) is 5.76 Å². The Morgan fingerprint density at radius 2 is 1.71 bits per heavy atom. The Bertz CT molecular complexity index is 939. The standard InChI is InChI=1S/C20H19NO3/c1-3-12-21-19(22)18-17(14-10-8-13(2)9-11-14)15-6-4-5-7-16(15)20(23)24-18/h4-11H,3,12H2,1-2H3,(H,21,22). The molecule has 0 atom stereocenters. The lowest BCUT2D eigenvalue weighted by Crippen LogP contribution is -2.26. The van der Waals surface area contributed by atoms with Crippen molar-refractivity contribution < 1.29 is 9.21 Å². The SMILES string of the molecule is CCCNC(=O)c1oc(=O)c2ccccc2c1-c1ccc(C)cc1. The second-order valence-corrected chi connectivity index (χ2v) is 5.76. The van der Waals surface area contributed by atoms with E-state index in [9.17, 15) is 9.59 Å². The molecular formula is C20H19NO3. The van der Waals surface area contributed by atoms with E-state index in [0.29, 0.717) is 17.5 Å². The molecule has 1 aromatic heterocycles. The van der Waals surface area contributed by atoms with Crippen LogP contribution in [-0.2, 0) is 0 Å². The van der Waals surface area contributed by atoms with Crippen molar-refractivity contribution in [3.63, 3.8) is 0 Å². The third-order valence-electron chi connectivity index (χ3n) is 3.92. The van der Waals surface area contributed by atoms with Crippen LogP contribution in [0.5, 0.6) is 0 Å². The highest BCUT2D eigenvalue weighted by atomic mass is 16.4. The van der Waals surface area contributed by atoms with Crippen molar-refractivity contribution in [3.05, 3.63) is 70.3 Å². The highest BCUT2D eigenvalue weighted by Gasteiger charge is 2.20. The average Bonchev–Trinajstić information content (AvgIpc) is 2.60. The van der Waals surface area contributed by atoms with Crippen LogP contribution < -0.4 is 10.9 Å². The van der Waals surface area contributed by atoms with Crippen molar-refractivity contribution in [2.24, 2.45) is 0 Å². The maximum atomic E-state index is 12.5. The Balaban J connectivity index is 2.30. The summed E-state index contributed by atoms with van der Waals surface area (Å²) in [5.74, 6) is -0.300. The second-order valence-electron chi connectivity index (χ2n) is 5.76. The van der Waals surface area contributed by atoms with Gasteiger partial charge >= 0.3 is 5.63 Å². The first-order chi connectivity index (χ1) is 11.6. The van der Waals surface area contributed by atoms with Gasteiger partial charge in [0.25, 0.3) is 5.91 Å². The van der Waals surface area contributed by atoms with Gasteiger partial charge in [-0.05, 0) is 25.0 Å². The van der Waals surface area contributed by atoms with E-state index in [-0.39, 0.29) is 11.7 Å². The van der Waals surface area contributed by atoms with Gasteiger partial charge in [0.15, 0.2) is 0 Å². The molecule has 1 amide bonds. The molecule has 3 aromatic rings. The van der Waals surface area contributed by atoms with Crippen LogP contribution in [0.2, 0.25) is 0 Å². The van der Waals surface area contributed by atoms with Gasteiger partial charge in [0.05, 0.1) is 5.39 Å². The molecule has 0 spiro atoms. The molecule has 4 nitrogen and oxygen atoms in total. The van der Waals surface area contributed by atoms with Gasteiger partial charge in [-0.1, -0.05) is 55.0 Å². The largest absolute Gasteiger partial charge is 0.416 e. The summed E-state index contributed by atoms with van der Waals surface area (Å²) in [5, 5.41) is 3.98. The van der Waals surface area contributed by atoms with Gasteiger partial charge in [-0.15, -0.1) is 0 Å². The number of nitrogens with one attached hydrogen (secondary N) is 1. The zero-order valence-corrected chi connectivity index (χ0v) is 13.8. The van der Waals surface area contributed by atoms with Crippen LogP contribution in [0.4, 0.5) is 0 Å². The third kappa shape index (κ3) is 2.95. The molecule has 122 valence electrons. The van der Waals surface area contributed by atoms with Crippen molar-refractivity contribution in [3.8, 4) is 11.1 Å². The molecule has 2 aromatic carbocycles. The summed E-state index contributed by atoms with van der Waals surface area (Å²) in [5.41, 5.74) is 2.13. The van der Waals surface area contributed by atoms with Crippen molar-refractivity contribution in [1.29, 1.82) is 0 Å². The molecule has 0 fully saturated rings. The summed E-state index contributed by atoms with van der Waals surface area (Å²) in [6.45, 7) is 4.50. The van der Waals surface area contributed by atoms with Crippen LogP contribution in [0.3, 0.4) is 0 Å². The number of benzene rings is 2. The van der Waals surface area contributed by atoms with E-state index in [4.69, 9.17) is 4.42 Å². The van der Waals surface area contributed by atoms with Crippen molar-refractivity contribution >= 4 is 16.7 Å². The Labute approximate surface area is 140 Å². The molecule has 0 aliphatic rings. The van der Waals surface area contributed by atoms with Gasteiger partial charge in [0.1, 0.15) is 0 Å². The van der Waals surface area contributed by atoms with Crippen molar-refractivity contribution in [2.45, 2.75) is 20.3 Å². The van der Waals surface area contributed by atoms with E-state index in [1.54, 1.807) is 12.1 Å². The lowest BCUT2D eigenvalue weighted by Gasteiger charge is -2.12. The Hall–Kier alpha value is -2.88. The molecule has 4 heteroatoms. The predicted octanol–water partition coefficient (Wildman–Crippen LogP) is 3.91. The summed E-state index contributed by atoms with van der Waals surface area (Å²) in [7, 11) is 0. The van der Waals surface area contributed by atoms with Gasteiger partial charge in [-0.3, -0.25) is 4.79 Å². The fraction of sp³-hybridized carbons (Fsp3) is 0.200. The summed E-state index contributed by atoms with van der Waals surface area (Å²) in [6.07, 6.45) is 0.809.